The fourth-order valence-electron chi connectivity index (χ4n) is 2.42. The molecule has 0 fully saturated rings. The highest BCUT2D eigenvalue weighted by atomic mass is 16.2. The number of rotatable bonds is 5. The molecule has 0 saturated heterocycles. The molecule has 0 aliphatic carbocycles. The number of benzene rings is 1. The topological polar surface area (TPSA) is 79.3 Å². The monoisotopic (exact) mass is 329 g/mol. The number of carbonyl (C=O) groups excluding carboxylic acids is 2. The number of anilines is 1. The average Bonchev–Trinajstić information content (AvgIpc) is 3.00. The first kappa shape index (κ1) is 17.5. The van der Waals surface area contributed by atoms with Crippen molar-refractivity contribution in [3.63, 3.8) is 0 Å². The molecule has 7 nitrogen and oxygen atoms in total. The minimum atomic E-state index is -0.273. The molecule has 0 radical (unpaired) electrons. The second kappa shape index (κ2) is 7.63. The smallest absolute Gasteiger partial charge is 0.321 e. The van der Waals surface area contributed by atoms with Crippen molar-refractivity contribution in [3.05, 3.63) is 36.7 Å². The largest absolute Gasteiger partial charge is 0.359 e. The number of hydrogen-bond acceptors (Lipinski definition) is 3. The number of hydrogen-bond donors (Lipinski definition) is 2. The van der Waals surface area contributed by atoms with Crippen LogP contribution in [0.5, 0.6) is 0 Å². The van der Waals surface area contributed by atoms with Crippen molar-refractivity contribution < 1.29 is 9.59 Å². The highest BCUT2D eigenvalue weighted by Crippen LogP contribution is 2.20. The first-order valence-electron chi connectivity index (χ1n) is 7.74. The first-order chi connectivity index (χ1) is 11.4. The summed E-state index contributed by atoms with van der Waals surface area (Å²) in [6.07, 6.45) is 3.60. The van der Waals surface area contributed by atoms with Gasteiger partial charge in [0.15, 0.2) is 0 Å². The van der Waals surface area contributed by atoms with Gasteiger partial charge in [-0.05, 0) is 12.1 Å². The number of imidazole rings is 1. The van der Waals surface area contributed by atoms with Crippen LogP contribution in [0.25, 0.3) is 11.4 Å². The summed E-state index contributed by atoms with van der Waals surface area (Å²) in [5, 5.41) is 5.42. The predicted octanol–water partition coefficient (Wildman–Crippen LogP) is 1.93. The quantitative estimate of drug-likeness (QED) is 0.880. The Kier molecular flexibility index (Phi) is 5.57. The van der Waals surface area contributed by atoms with Gasteiger partial charge in [-0.25, -0.2) is 9.78 Å². The van der Waals surface area contributed by atoms with Gasteiger partial charge in [0.1, 0.15) is 5.82 Å². The molecule has 0 saturated carbocycles. The van der Waals surface area contributed by atoms with E-state index < -0.39 is 0 Å². The molecule has 1 aromatic carbocycles. The lowest BCUT2D eigenvalue weighted by atomic mass is 10.1. The van der Waals surface area contributed by atoms with E-state index in [-0.39, 0.29) is 17.9 Å². The molecule has 3 amide bonds. The molecule has 1 unspecified atom stereocenters. The molecule has 7 heteroatoms. The van der Waals surface area contributed by atoms with Crippen molar-refractivity contribution in [1.29, 1.82) is 0 Å². The molecular formula is C17H23N5O2. The van der Waals surface area contributed by atoms with Crippen LogP contribution in [-0.2, 0) is 11.8 Å². The van der Waals surface area contributed by atoms with Gasteiger partial charge in [-0.2, -0.15) is 0 Å². The lowest BCUT2D eigenvalue weighted by molar-refractivity contribution is -0.124. The van der Waals surface area contributed by atoms with Gasteiger partial charge in [0.25, 0.3) is 0 Å². The van der Waals surface area contributed by atoms with E-state index in [1.54, 1.807) is 27.2 Å². The van der Waals surface area contributed by atoms with E-state index in [9.17, 15) is 9.59 Å². The van der Waals surface area contributed by atoms with Crippen molar-refractivity contribution in [3.8, 4) is 11.4 Å². The molecule has 1 aromatic heterocycles. The van der Waals surface area contributed by atoms with E-state index in [0.717, 1.165) is 11.4 Å². The normalized spacial score (nSPS) is 11.7. The molecule has 1 atom stereocenters. The van der Waals surface area contributed by atoms with E-state index in [4.69, 9.17) is 0 Å². The Bertz CT molecular complexity index is 725. The number of nitrogens with one attached hydrogen (secondary N) is 2. The summed E-state index contributed by atoms with van der Waals surface area (Å²) in [5.74, 6) is 0.462. The number of carbonyl (C=O) groups is 2. The maximum atomic E-state index is 12.3. The second-order valence-corrected chi connectivity index (χ2v) is 5.77. The number of amides is 3. The molecule has 2 N–H and O–H groups in total. The van der Waals surface area contributed by atoms with Crippen LogP contribution in [0.1, 0.15) is 6.92 Å². The standard InChI is InChI=1S/C17H23N5O2/c1-12(16(23)18-2)11-22(4)17(24)20-14-7-5-6-13(10-14)15-19-8-9-21(15)3/h5-10,12H,11H2,1-4H3,(H,18,23)(H,20,24). The van der Waals surface area contributed by atoms with E-state index in [1.807, 2.05) is 42.1 Å². The van der Waals surface area contributed by atoms with Gasteiger partial charge in [0.05, 0.1) is 5.92 Å². The summed E-state index contributed by atoms with van der Waals surface area (Å²) in [7, 11) is 5.17. The SMILES string of the molecule is CNC(=O)C(C)CN(C)C(=O)Nc1cccc(-c2nccn2C)c1. The Balaban J connectivity index is 2.04. The van der Waals surface area contributed by atoms with E-state index in [0.29, 0.717) is 12.2 Å². The Labute approximate surface area is 141 Å². The van der Waals surface area contributed by atoms with E-state index in [2.05, 4.69) is 15.6 Å². The molecule has 0 aliphatic heterocycles. The van der Waals surface area contributed by atoms with Crippen molar-refractivity contribution >= 4 is 17.6 Å². The van der Waals surface area contributed by atoms with Gasteiger partial charge in [0.2, 0.25) is 5.91 Å². The van der Waals surface area contributed by atoms with Crippen LogP contribution in [0.2, 0.25) is 0 Å². The fourth-order valence-corrected chi connectivity index (χ4v) is 2.42. The average molecular weight is 329 g/mol. The number of nitrogens with zero attached hydrogens (tertiary/aromatic N) is 3. The molecular weight excluding hydrogens is 306 g/mol. The van der Waals surface area contributed by atoms with Crippen molar-refractivity contribution in [2.24, 2.45) is 13.0 Å². The predicted molar refractivity (Wildman–Crippen MR) is 93.5 cm³/mol. The van der Waals surface area contributed by atoms with Crippen LogP contribution in [0.3, 0.4) is 0 Å². The Morgan fingerprint density at radius 3 is 2.75 bits per heavy atom. The van der Waals surface area contributed by atoms with Crippen molar-refractivity contribution in [2.45, 2.75) is 6.92 Å². The summed E-state index contributed by atoms with van der Waals surface area (Å²) < 4.78 is 1.91. The van der Waals surface area contributed by atoms with Crippen LogP contribution in [0.4, 0.5) is 10.5 Å². The van der Waals surface area contributed by atoms with Crippen molar-refractivity contribution in [1.82, 2.24) is 19.8 Å². The summed E-state index contributed by atoms with van der Waals surface area (Å²) in [6, 6.07) is 7.24. The highest BCUT2D eigenvalue weighted by Gasteiger charge is 2.17. The van der Waals surface area contributed by atoms with Gasteiger partial charge in [-0.1, -0.05) is 19.1 Å². The van der Waals surface area contributed by atoms with Gasteiger partial charge < -0.3 is 20.1 Å². The van der Waals surface area contributed by atoms with Gasteiger partial charge in [-0.15, -0.1) is 0 Å². The summed E-state index contributed by atoms with van der Waals surface area (Å²) in [5.41, 5.74) is 1.60. The Morgan fingerprint density at radius 1 is 1.38 bits per heavy atom. The van der Waals surface area contributed by atoms with Crippen LogP contribution in [-0.4, -0.2) is 47.0 Å². The molecule has 0 aliphatic rings. The minimum absolute atomic E-state index is 0.0913. The lowest BCUT2D eigenvalue weighted by Gasteiger charge is -2.21. The van der Waals surface area contributed by atoms with Gasteiger partial charge in [-0.3, -0.25) is 4.79 Å². The van der Waals surface area contributed by atoms with Crippen LogP contribution < -0.4 is 10.6 Å². The van der Waals surface area contributed by atoms with Crippen molar-refractivity contribution in [2.75, 3.05) is 26.0 Å². The molecule has 0 bridgehead atoms. The fraction of sp³-hybridized carbons (Fsp3) is 0.353. The number of urea groups is 1. The lowest BCUT2D eigenvalue weighted by Crippen LogP contribution is -2.39. The summed E-state index contributed by atoms with van der Waals surface area (Å²) in [6.45, 7) is 2.12. The Morgan fingerprint density at radius 2 is 2.12 bits per heavy atom. The van der Waals surface area contributed by atoms with E-state index >= 15 is 0 Å². The summed E-state index contributed by atoms with van der Waals surface area (Å²) >= 11 is 0. The van der Waals surface area contributed by atoms with Crippen LogP contribution in [0, 0.1) is 5.92 Å². The maximum Gasteiger partial charge on any atom is 0.321 e. The molecule has 1 heterocycles. The van der Waals surface area contributed by atoms with Crippen LogP contribution >= 0.6 is 0 Å². The summed E-state index contributed by atoms with van der Waals surface area (Å²) in [4.78, 5) is 29.6. The zero-order valence-electron chi connectivity index (χ0n) is 14.4. The first-order valence-corrected chi connectivity index (χ1v) is 7.74. The zero-order valence-corrected chi connectivity index (χ0v) is 14.4. The van der Waals surface area contributed by atoms with Gasteiger partial charge in [0, 0.05) is 51.3 Å². The third-order valence-corrected chi connectivity index (χ3v) is 3.78. The molecule has 128 valence electrons. The molecule has 0 spiro atoms. The third kappa shape index (κ3) is 4.13. The zero-order chi connectivity index (χ0) is 17.7. The maximum absolute atomic E-state index is 12.3. The molecule has 2 aromatic rings. The molecule has 2 rings (SSSR count). The number of aromatic nitrogens is 2. The Hall–Kier alpha value is -2.83. The third-order valence-electron chi connectivity index (χ3n) is 3.78. The van der Waals surface area contributed by atoms with E-state index in [1.165, 1.54) is 4.90 Å². The number of aryl methyl sites for hydroxylation is 1. The minimum Gasteiger partial charge on any atom is -0.359 e. The highest BCUT2D eigenvalue weighted by molar-refractivity contribution is 5.90. The molecule has 24 heavy (non-hydrogen) atoms. The van der Waals surface area contributed by atoms with Gasteiger partial charge >= 0.3 is 6.03 Å². The second-order valence-electron chi connectivity index (χ2n) is 5.77. The van der Waals surface area contributed by atoms with Crippen LogP contribution in [0.15, 0.2) is 36.7 Å².